The molecule has 0 aliphatic carbocycles. The number of methoxy groups -OCH3 is 2. The summed E-state index contributed by atoms with van der Waals surface area (Å²) in [7, 11) is 2.98. The first kappa shape index (κ1) is 25.9. The van der Waals surface area contributed by atoms with Crippen LogP contribution in [0.3, 0.4) is 0 Å². The number of halogens is 3. The number of nitrogens with zero attached hydrogens (tertiary/aromatic N) is 1. The number of hydrogen-bond donors (Lipinski definition) is 1. The van der Waals surface area contributed by atoms with Crippen molar-refractivity contribution in [2.24, 2.45) is 0 Å². The molecule has 1 fully saturated rings. The normalized spacial score (nSPS) is 14.0. The lowest BCUT2D eigenvalue weighted by molar-refractivity contribution is -0.142. The highest BCUT2D eigenvalue weighted by molar-refractivity contribution is 5.97. The fourth-order valence-electron chi connectivity index (χ4n) is 3.38. The Bertz CT molecular complexity index is 1080. The summed E-state index contributed by atoms with van der Waals surface area (Å²) < 4.78 is 60.2. The van der Waals surface area contributed by atoms with Crippen molar-refractivity contribution < 1.29 is 41.7 Å². The molecule has 2 aromatic rings. The minimum Gasteiger partial charge on any atom is -0.493 e. The minimum atomic E-state index is -4.58. The van der Waals surface area contributed by atoms with Crippen LogP contribution in [0.25, 0.3) is 6.08 Å². The topological polar surface area (TPSA) is 86.3 Å². The van der Waals surface area contributed by atoms with E-state index in [-0.39, 0.29) is 5.69 Å². The highest BCUT2D eigenvalue weighted by Crippen LogP contribution is 2.35. The maximum absolute atomic E-state index is 13.2. The third-order valence-corrected chi connectivity index (χ3v) is 5.11. The molecule has 0 unspecified atom stereocenters. The van der Waals surface area contributed by atoms with Crippen molar-refractivity contribution >= 4 is 29.3 Å². The Balaban J connectivity index is 1.64. The quantitative estimate of drug-likeness (QED) is 0.442. The lowest BCUT2D eigenvalue weighted by Crippen LogP contribution is -2.37. The number of esters is 1. The van der Waals surface area contributed by atoms with Crippen molar-refractivity contribution in [2.45, 2.75) is 6.18 Å². The first-order valence-corrected chi connectivity index (χ1v) is 10.6. The van der Waals surface area contributed by atoms with Crippen LogP contribution in [0.15, 0.2) is 42.5 Å². The lowest BCUT2D eigenvalue weighted by Gasteiger charge is -2.31. The standard InChI is InChI=1S/C24H25F3N2O6/c1-32-20-7-3-16(13-21(20)33-2)4-8-23(31)35-15-22(30)28-18-14-17(24(25,26)27)5-6-19(18)29-9-11-34-12-10-29/h3-8,13-14H,9-12,15H2,1-2H3,(H,28,30)/b8-4+. The minimum absolute atomic E-state index is 0.0244. The van der Waals surface area contributed by atoms with Gasteiger partial charge in [-0.25, -0.2) is 4.79 Å². The summed E-state index contributed by atoms with van der Waals surface area (Å²) in [5.74, 6) is -0.575. The zero-order chi connectivity index (χ0) is 25.4. The molecule has 0 spiro atoms. The Labute approximate surface area is 200 Å². The van der Waals surface area contributed by atoms with Crippen molar-refractivity contribution in [3.63, 3.8) is 0 Å². The van der Waals surface area contributed by atoms with Crippen molar-refractivity contribution in [1.29, 1.82) is 0 Å². The highest BCUT2D eigenvalue weighted by atomic mass is 19.4. The number of morpholine rings is 1. The van der Waals surface area contributed by atoms with Gasteiger partial charge in [0.25, 0.3) is 5.91 Å². The predicted octanol–water partition coefficient (Wildman–Crippen LogP) is 3.75. The van der Waals surface area contributed by atoms with Gasteiger partial charge in [-0.15, -0.1) is 0 Å². The van der Waals surface area contributed by atoms with E-state index < -0.39 is 30.2 Å². The number of benzene rings is 2. The summed E-state index contributed by atoms with van der Waals surface area (Å²) in [6.45, 7) is 1.08. The Kier molecular flexibility index (Phi) is 8.58. The summed E-state index contributed by atoms with van der Waals surface area (Å²) in [5.41, 5.74) is 0.126. The number of ether oxygens (including phenoxy) is 4. The van der Waals surface area contributed by atoms with E-state index in [1.54, 1.807) is 18.2 Å². The molecule has 0 atom stereocenters. The number of carbonyl (C=O) groups excluding carboxylic acids is 2. The second-order valence-corrected chi connectivity index (χ2v) is 7.43. The third-order valence-electron chi connectivity index (χ3n) is 5.11. The fourth-order valence-corrected chi connectivity index (χ4v) is 3.38. The molecule has 11 heteroatoms. The molecule has 188 valence electrons. The maximum Gasteiger partial charge on any atom is 0.416 e. The van der Waals surface area contributed by atoms with Gasteiger partial charge < -0.3 is 29.2 Å². The van der Waals surface area contributed by atoms with Gasteiger partial charge in [0.2, 0.25) is 0 Å². The van der Waals surface area contributed by atoms with E-state index in [4.69, 9.17) is 18.9 Å². The summed E-state index contributed by atoms with van der Waals surface area (Å²) in [4.78, 5) is 26.2. The van der Waals surface area contributed by atoms with E-state index >= 15 is 0 Å². The van der Waals surface area contributed by atoms with Crippen LogP contribution in [0.4, 0.5) is 24.5 Å². The molecule has 8 nitrogen and oxygen atoms in total. The molecular formula is C24H25F3N2O6. The van der Waals surface area contributed by atoms with Crippen molar-refractivity contribution in [2.75, 3.05) is 57.3 Å². The second-order valence-electron chi connectivity index (χ2n) is 7.43. The van der Waals surface area contributed by atoms with Crippen LogP contribution in [0.2, 0.25) is 0 Å². The van der Waals surface area contributed by atoms with Gasteiger partial charge in [-0.3, -0.25) is 4.79 Å². The summed E-state index contributed by atoms with van der Waals surface area (Å²) in [6, 6.07) is 8.13. The number of nitrogens with one attached hydrogen (secondary N) is 1. The smallest absolute Gasteiger partial charge is 0.416 e. The average molecular weight is 494 g/mol. The Morgan fingerprint density at radius 1 is 1.06 bits per heavy atom. The number of amides is 1. The van der Waals surface area contributed by atoms with Crippen LogP contribution in [-0.4, -0.2) is 59.0 Å². The second kappa shape index (κ2) is 11.6. The molecule has 0 aromatic heterocycles. The molecular weight excluding hydrogens is 469 g/mol. The van der Waals surface area contributed by atoms with Gasteiger partial charge in [-0.05, 0) is 42.0 Å². The molecule has 2 aromatic carbocycles. The monoisotopic (exact) mass is 494 g/mol. The van der Waals surface area contributed by atoms with Crippen LogP contribution in [0, 0.1) is 0 Å². The molecule has 1 saturated heterocycles. The van der Waals surface area contributed by atoms with E-state index in [0.717, 1.165) is 18.2 Å². The summed E-state index contributed by atoms with van der Waals surface area (Å²) in [6.07, 6.45) is -1.99. The number of rotatable bonds is 8. The van der Waals surface area contributed by atoms with Gasteiger partial charge in [0.15, 0.2) is 18.1 Å². The lowest BCUT2D eigenvalue weighted by atomic mass is 10.1. The zero-order valence-electron chi connectivity index (χ0n) is 19.2. The van der Waals surface area contributed by atoms with Crippen LogP contribution >= 0.6 is 0 Å². The Morgan fingerprint density at radius 3 is 2.43 bits per heavy atom. The number of hydrogen-bond acceptors (Lipinski definition) is 7. The molecule has 0 saturated carbocycles. The molecule has 1 N–H and O–H groups in total. The largest absolute Gasteiger partial charge is 0.493 e. The molecule has 1 aliphatic heterocycles. The number of anilines is 2. The van der Waals surface area contributed by atoms with Gasteiger partial charge in [0, 0.05) is 19.2 Å². The molecule has 3 rings (SSSR count). The first-order valence-electron chi connectivity index (χ1n) is 10.6. The molecule has 1 aliphatic rings. The number of carbonyl (C=O) groups is 2. The fraction of sp³-hybridized carbons (Fsp3) is 0.333. The molecule has 1 heterocycles. The molecule has 0 radical (unpaired) electrons. The SMILES string of the molecule is COc1ccc(/C=C/C(=O)OCC(=O)Nc2cc(C(F)(F)F)ccc2N2CCOCC2)cc1OC. The van der Waals surface area contributed by atoms with Gasteiger partial charge in [0.05, 0.1) is 44.4 Å². The highest BCUT2D eigenvalue weighted by Gasteiger charge is 2.32. The van der Waals surface area contributed by atoms with Crippen molar-refractivity contribution in [3.8, 4) is 11.5 Å². The zero-order valence-corrected chi connectivity index (χ0v) is 19.2. The Morgan fingerprint density at radius 2 is 1.77 bits per heavy atom. The van der Waals surface area contributed by atoms with E-state index in [9.17, 15) is 22.8 Å². The van der Waals surface area contributed by atoms with Crippen LogP contribution in [0.5, 0.6) is 11.5 Å². The van der Waals surface area contributed by atoms with E-state index in [1.165, 1.54) is 26.4 Å². The van der Waals surface area contributed by atoms with E-state index in [0.29, 0.717) is 49.1 Å². The van der Waals surface area contributed by atoms with Crippen LogP contribution < -0.4 is 19.7 Å². The first-order chi connectivity index (χ1) is 16.7. The van der Waals surface area contributed by atoms with Gasteiger partial charge in [-0.2, -0.15) is 13.2 Å². The third kappa shape index (κ3) is 7.12. The summed E-state index contributed by atoms with van der Waals surface area (Å²) in [5, 5.41) is 2.42. The summed E-state index contributed by atoms with van der Waals surface area (Å²) >= 11 is 0. The molecule has 1 amide bonds. The van der Waals surface area contributed by atoms with Crippen molar-refractivity contribution in [3.05, 3.63) is 53.6 Å². The average Bonchev–Trinajstić information content (AvgIpc) is 2.86. The maximum atomic E-state index is 13.2. The van der Waals surface area contributed by atoms with Crippen molar-refractivity contribution in [1.82, 2.24) is 0 Å². The molecule has 0 bridgehead atoms. The molecule has 35 heavy (non-hydrogen) atoms. The van der Waals surface area contributed by atoms with Crippen LogP contribution in [0.1, 0.15) is 11.1 Å². The number of alkyl halides is 3. The van der Waals surface area contributed by atoms with Gasteiger partial charge in [0.1, 0.15) is 0 Å². The van der Waals surface area contributed by atoms with E-state index in [2.05, 4.69) is 5.32 Å². The van der Waals surface area contributed by atoms with Crippen LogP contribution in [-0.2, 0) is 25.2 Å². The predicted molar refractivity (Wildman–Crippen MR) is 123 cm³/mol. The van der Waals surface area contributed by atoms with Gasteiger partial charge >= 0.3 is 12.1 Å². The van der Waals surface area contributed by atoms with E-state index in [1.807, 2.05) is 4.90 Å². The van der Waals surface area contributed by atoms with Gasteiger partial charge in [-0.1, -0.05) is 6.07 Å². The Hall–Kier alpha value is -3.73.